The number of likely N-dealkylation sites (N-methyl/N-ethyl adjacent to an activating group) is 1. The van der Waals surface area contributed by atoms with E-state index in [-0.39, 0.29) is 5.69 Å². The Morgan fingerprint density at radius 3 is 2.31 bits per heavy atom. The SMILES string of the molecule is CC(C(=O)O)N(C)c1ccc([N+](=O)[O-])cc1. The molecule has 1 atom stereocenters. The van der Waals surface area contributed by atoms with E-state index in [2.05, 4.69) is 0 Å². The fourth-order valence-electron chi connectivity index (χ4n) is 1.20. The van der Waals surface area contributed by atoms with E-state index in [1.165, 1.54) is 29.2 Å². The Bertz CT molecular complexity index is 402. The van der Waals surface area contributed by atoms with Gasteiger partial charge in [-0.1, -0.05) is 0 Å². The van der Waals surface area contributed by atoms with Crippen LogP contribution in [0.5, 0.6) is 0 Å². The van der Waals surface area contributed by atoms with E-state index in [0.717, 1.165) is 0 Å². The quantitative estimate of drug-likeness (QED) is 0.619. The summed E-state index contributed by atoms with van der Waals surface area (Å²) in [5, 5.41) is 19.2. The van der Waals surface area contributed by atoms with Crippen molar-refractivity contribution in [3.63, 3.8) is 0 Å². The molecule has 6 heteroatoms. The maximum atomic E-state index is 10.7. The second kappa shape index (κ2) is 4.61. The zero-order chi connectivity index (χ0) is 12.3. The maximum Gasteiger partial charge on any atom is 0.326 e. The Morgan fingerprint density at radius 2 is 1.94 bits per heavy atom. The molecule has 1 aromatic carbocycles. The first-order valence-electron chi connectivity index (χ1n) is 4.63. The molecule has 0 radical (unpaired) electrons. The third kappa shape index (κ3) is 2.47. The molecule has 6 nitrogen and oxygen atoms in total. The Labute approximate surface area is 92.3 Å². The van der Waals surface area contributed by atoms with Gasteiger partial charge in [0.1, 0.15) is 6.04 Å². The molecular weight excluding hydrogens is 212 g/mol. The Balaban J connectivity index is 2.89. The van der Waals surface area contributed by atoms with Crippen LogP contribution in [-0.2, 0) is 4.79 Å². The number of rotatable bonds is 4. The van der Waals surface area contributed by atoms with Crippen LogP contribution in [0, 0.1) is 10.1 Å². The third-order valence-electron chi connectivity index (χ3n) is 2.41. The number of benzene rings is 1. The van der Waals surface area contributed by atoms with Crippen molar-refractivity contribution in [3.8, 4) is 0 Å². The van der Waals surface area contributed by atoms with Crippen LogP contribution in [0.4, 0.5) is 11.4 Å². The number of carboxylic acid groups (broad SMARTS) is 1. The summed E-state index contributed by atoms with van der Waals surface area (Å²) >= 11 is 0. The van der Waals surface area contributed by atoms with Crippen molar-refractivity contribution >= 4 is 17.3 Å². The van der Waals surface area contributed by atoms with Gasteiger partial charge in [0.25, 0.3) is 5.69 Å². The molecule has 0 fully saturated rings. The highest BCUT2D eigenvalue weighted by Gasteiger charge is 2.17. The number of hydrogen-bond donors (Lipinski definition) is 1. The number of nitro benzene ring substituents is 1. The summed E-state index contributed by atoms with van der Waals surface area (Å²) in [4.78, 5) is 22.2. The van der Waals surface area contributed by atoms with E-state index < -0.39 is 16.9 Å². The van der Waals surface area contributed by atoms with Crippen LogP contribution in [0.2, 0.25) is 0 Å². The predicted molar refractivity (Wildman–Crippen MR) is 58.6 cm³/mol. The van der Waals surface area contributed by atoms with E-state index in [1.807, 2.05) is 0 Å². The minimum atomic E-state index is -0.944. The van der Waals surface area contributed by atoms with Crippen molar-refractivity contribution in [1.82, 2.24) is 0 Å². The number of carbonyl (C=O) groups is 1. The Morgan fingerprint density at radius 1 is 1.44 bits per heavy atom. The molecular formula is C10H12N2O4. The summed E-state index contributed by atoms with van der Waals surface area (Å²) in [6.07, 6.45) is 0. The average Bonchev–Trinajstić information content (AvgIpc) is 2.27. The van der Waals surface area contributed by atoms with Gasteiger partial charge in [-0.25, -0.2) is 4.79 Å². The molecule has 1 N–H and O–H groups in total. The standard InChI is InChI=1S/C10H12N2O4/c1-7(10(13)14)11(2)8-3-5-9(6-4-8)12(15)16/h3-7H,1-2H3,(H,13,14). The van der Waals surface area contributed by atoms with Gasteiger partial charge in [0.05, 0.1) is 4.92 Å². The average molecular weight is 224 g/mol. The van der Waals surface area contributed by atoms with E-state index >= 15 is 0 Å². The number of aliphatic carboxylic acids is 1. The van der Waals surface area contributed by atoms with Gasteiger partial charge in [-0.2, -0.15) is 0 Å². The largest absolute Gasteiger partial charge is 0.480 e. The zero-order valence-corrected chi connectivity index (χ0v) is 8.95. The van der Waals surface area contributed by atoms with E-state index in [0.29, 0.717) is 5.69 Å². The Hall–Kier alpha value is -2.11. The summed E-state index contributed by atoms with van der Waals surface area (Å²) in [5.41, 5.74) is 0.612. The number of non-ortho nitro benzene ring substituents is 1. The topological polar surface area (TPSA) is 83.7 Å². The number of nitro groups is 1. The number of nitrogens with zero attached hydrogens (tertiary/aromatic N) is 2. The molecule has 16 heavy (non-hydrogen) atoms. The van der Waals surface area contributed by atoms with Gasteiger partial charge in [0.15, 0.2) is 0 Å². The molecule has 0 heterocycles. The van der Waals surface area contributed by atoms with E-state index in [4.69, 9.17) is 5.11 Å². The molecule has 0 aromatic heterocycles. The lowest BCUT2D eigenvalue weighted by atomic mass is 10.2. The maximum absolute atomic E-state index is 10.7. The molecule has 0 bridgehead atoms. The summed E-state index contributed by atoms with van der Waals surface area (Å²) in [7, 11) is 1.62. The highest BCUT2D eigenvalue weighted by atomic mass is 16.6. The highest BCUT2D eigenvalue weighted by molar-refractivity contribution is 5.77. The molecule has 0 saturated heterocycles. The minimum Gasteiger partial charge on any atom is -0.480 e. The second-order valence-electron chi connectivity index (χ2n) is 3.40. The van der Waals surface area contributed by atoms with Crippen LogP contribution in [0.1, 0.15) is 6.92 Å². The fourth-order valence-corrected chi connectivity index (χ4v) is 1.20. The molecule has 0 aliphatic rings. The molecule has 1 rings (SSSR count). The van der Waals surface area contributed by atoms with Crippen molar-refractivity contribution in [2.75, 3.05) is 11.9 Å². The molecule has 0 amide bonds. The Kier molecular flexibility index (Phi) is 3.44. The van der Waals surface area contributed by atoms with Crippen molar-refractivity contribution in [2.45, 2.75) is 13.0 Å². The van der Waals surface area contributed by atoms with E-state index in [9.17, 15) is 14.9 Å². The van der Waals surface area contributed by atoms with Crippen molar-refractivity contribution in [1.29, 1.82) is 0 Å². The molecule has 0 saturated carbocycles. The first-order chi connectivity index (χ1) is 7.43. The van der Waals surface area contributed by atoms with Gasteiger partial charge < -0.3 is 10.0 Å². The molecule has 86 valence electrons. The zero-order valence-electron chi connectivity index (χ0n) is 8.95. The van der Waals surface area contributed by atoms with Crippen LogP contribution >= 0.6 is 0 Å². The smallest absolute Gasteiger partial charge is 0.326 e. The molecule has 1 unspecified atom stereocenters. The summed E-state index contributed by atoms with van der Waals surface area (Å²) in [6, 6.07) is 5.07. The van der Waals surface area contributed by atoms with Crippen LogP contribution in [0.25, 0.3) is 0 Å². The van der Waals surface area contributed by atoms with Gasteiger partial charge in [-0.05, 0) is 19.1 Å². The van der Waals surface area contributed by atoms with Crippen LogP contribution in [0.15, 0.2) is 24.3 Å². The van der Waals surface area contributed by atoms with Crippen LogP contribution in [-0.4, -0.2) is 29.1 Å². The van der Waals surface area contributed by atoms with Gasteiger partial charge >= 0.3 is 5.97 Å². The van der Waals surface area contributed by atoms with Crippen LogP contribution < -0.4 is 4.90 Å². The molecule has 1 aromatic rings. The van der Waals surface area contributed by atoms with Crippen LogP contribution in [0.3, 0.4) is 0 Å². The third-order valence-corrected chi connectivity index (χ3v) is 2.41. The normalized spacial score (nSPS) is 11.9. The van der Waals surface area contributed by atoms with Gasteiger partial charge in [0.2, 0.25) is 0 Å². The lowest BCUT2D eigenvalue weighted by Gasteiger charge is -2.23. The summed E-state index contributed by atoms with van der Waals surface area (Å²) < 4.78 is 0. The van der Waals surface area contributed by atoms with Gasteiger partial charge in [-0.3, -0.25) is 10.1 Å². The lowest BCUT2D eigenvalue weighted by Crippen LogP contribution is -2.35. The molecule has 0 spiro atoms. The highest BCUT2D eigenvalue weighted by Crippen LogP contribution is 2.19. The monoisotopic (exact) mass is 224 g/mol. The van der Waals surface area contributed by atoms with Crippen molar-refractivity contribution in [3.05, 3.63) is 34.4 Å². The van der Waals surface area contributed by atoms with Crippen molar-refractivity contribution < 1.29 is 14.8 Å². The van der Waals surface area contributed by atoms with Gasteiger partial charge in [-0.15, -0.1) is 0 Å². The van der Waals surface area contributed by atoms with Crippen molar-refractivity contribution in [2.24, 2.45) is 0 Å². The molecule has 0 aliphatic carbocycles. The number of hydrogen-bond acceptors (Lipinski definition) is 4. The summed E-state index contributed by atoms with van der Waals surface area (Å²) in [5.74, 6) is -0.944. The fraction of sp³-hybridized carbons (Fsp3) is 0.300. The van der Waals surface area contributed by atoms with E-state index in [1.54, 1.807) is 14.0 Å². The minimum absolute atomic E-state index is 0.0138. The second-order valence-corrected chi connectivity index (χ2v) is 3.40. The number of carboxylic acids is 1. The van der Waals surface area contributed by atoms with Gasteiger partial charge in [0, 0.05) is 24.9 Å². The predicted octanol–water partition coefficient (Wildman–Crippen LogP) is 1.50. The summed E-state index contributed by atoms with van der Waals surface area (Å²) in [6.45, 7) is 1.55. The lowest BCUT2D eigenvalue weighted by molar-refractivity contribution is -0.384. The first kappa shape index (κ1) is 12.0. The number of anilines is 1. The molecule has 0 aliphatic heterocycles. The first-order valence-corrected chi connectivity index (χ1v) is 4.63.